The Kier molecular flexibility index (Phi) is 10.9. The lowest BCUT2D eigenvalue weighted by molar-refractivity contribution is -0.178. The molecular weight excluding hydrogens is 488 g/mol. The molecule has 0 aromatic heterocycles. The Bertz CT molecular complexity index is 910. The Balaban J connectivity index is 1.40. The zero-order valence-electron chi connectivity index (χ0n) is 22.5. The van der Waals surface area contributed by atoms with Gasteiger partial charge in [-0.2, -0.15) is 0 Å². The molecule has 0 aliphatic carbocycles. The average molecular weight is 531 g/mol. The molecule has 3 atom stereocenters. The molecule has 0 radical (unpaired) electrons. The number of hydrazine groups is 1. The van der Waals surface area contributed by atoms with Crippen LogP contribution in [0.2, 0.25) is 0 Å². The second-order valence-electron chi connectivity index (χ2n) is 10.1. The first-order chi connectivity index (χ1) is 18.6. The van der Waals surface area contributed by atoms with Crippen LogP contribution < -0.4 is 5.32 Å². The number of esters is 2. The van der Waals surface area contributed by atoms with Crippen molar-refractivity contribution in [3.05, 3.63) is 35.9 Å². The fourth-order valence-electron chi connectivity index (χ4n) is 5.45. The number of aryl methyl sites for hydroxylation is 1. The van der Waals surface area contributed by atoms with E-state index in [1.54, 1.807) is 11.9 Å². The van der Waals surface area contributed by atoms with Crippen LogP contribution in [-0.4, -0.2) is 110 Å². The molecule has 0 unspecified atom stereocenters. The Labute approximate surface area is 225 Å². The van der Waals surface area contributed by atoms with Crippen molar-refractivity contribution in [1.82, 2.24) is 20.2 Å². The maximum atomic E-state index is 13.8. The van der Waals surface area contributed by atoms with Gasteiger partial charge in [0.1, 0.15) is 18.7 Å². The first-order valence-electron chi connectivity index (χ1n) is 14.1. The van der Waals surface area contributed by atoms with Gasteiger partial charge in [-0.1, -0.05) is 30.3 Å². The van der Waals surface area contributed by atoms with Crippen molar-refractivity contribution >= 4 is 17.8 Å². The molecule has 3 heterocycles. The van der Waals surface area contributed by atoms with E-state index in [-0.39, 0.29) is 24.5 Å². The number of carbonyl (C=O) groups excluding carboxylic acids is 3. The van der Waals surface area contributed by atoms with Gasteiger partial charge in [-0.05, 0) is 51.0 Å². The van der Waals surface area contributed by atoms with Gasteiger partial charge in [0.15, 0.2) is 0 Å². The molecule has 1 aromatic carbocycles. The highest BCUT2D eigenvalue weighted by atomic mass is 16.5. The van der Waals surface area contributed by atoms with E-state index in [0.717, 1.165) is 38.0 Å². The number of nitrogens with one attached hydrogen (secondary N) is 1. The summed E-state index contributed by atoms with van der Waals surface area (Å²) in [4.78, 5) is 42.0. The van der Waals surface area contributed by atoms with Gasteiger partial charge in [0.2, 0.25) is 0 Å². The third-order valence-electron chi connectivity index (χ3n) is 7.49. The Morgan fingerprint density at radius 1 is 1.05 bits per heavy atom. The second kappa shape index (κ2) is 14.6. The summed E-state index contributed by atoms with van der Waals surface area (Å²) >= 11 is 0. The highest BCUT2D eigenvalue weighted by molar-refractivity contribution is 5.88. The molecule has 0 saturated carbocycles. The number of rotatable bonds is 11. The van der Waals surface area contributed by atoms with E-state index < -0.39 is 18.1 Å². The second-order valence-corrected chi connectivity index (χ2v) is 10.1. The molecule has 10 nitrogen and oxygen atoms in total. The van der Waals surface area contributed by atoms with Gasteiger partial charge in [0.05, 0.1) is 25.9 Å². The number of ether oxygens (including phenoxy) is 3. The summed E-state index contributed by atoms with van der Waals surface area (Å²) in [5, 5.41) is 6.92. The van der Waals surface area contributed by atoms with Crippen molar-refractivity contribution in [1.29, 1.82) is 0 Å². The van der Waals surface area contributed by atoms with Gasteiger partial charge in [-0.3, -0.25) is 24.8 Å². The highest BCUT2D eigenvalue weighted by Gasteiger charge is 2.43. The van der Waals surface area contributed by atoms with Gasteiger partial charge >= 0.3 is 11.9 Å². The third kappa shape index (κ3) is 7.75. The van der Waals surface area contributed by atoms with E-state index in [9.17, 15) is 14.4 Å². The number of nitrogens with zero attached hydrogens (tertiary/aromatic N) is 3. The number of hydrogen-bond acceptors (Lipinski definition) is 9. The van der Waals surface area contributed by atoms with Crippen molar-refractivity contribution < 1.29 is 28.6 Å². The maximum Gasteiger partial charge on any atom is 0.330 e. The lowest BCUT2D eigenvalue weighted by Crippen LogP contribution is -2.62. The number of carbonyl (C=O) groups is 3. The molecule has 10 heteroatoms. The minimum absolute atomic E-state index is 0.175. The molecule has 38 heavy (non-hydrogen) atoms. The zero-order chi connectivity index (χ0) is 26.7. The van der Waals surface area contributed by atoms with Crippen LogP contribution in [0.15, 0.2) is 30.3 Å². The van der Waals surface area contributed by atoms with Gasteiger partial charge in [0.25, 0.3) is 5.91 Å². The van der Waals surface area contributed by atoms with E-state index in [2.05, 4.69) is 10.2 Å². The fraction of sp³-hybridized carbons (Fsp3) is 0.679. The molecule has 4 rings (SSSR count). The molecule has 1 aromatic rings. The Hall–Kier alpha value is -2.53. The van der Waals surface area contributed by atoms with Gasteiger partial charge in [0, 0.05) is 32.7 Å². The van der Waals surface area contributed by atoms with Crippen molar-refractivity contribution in [2.75, 3.05) is 59.2 Å². The van der Waals surface area contributed by atoms with Crippen LogP contribution in [-0.2, 0) is 35.0 Å². The molecular formula is C28H42N4O6. The molecule has 3 aliphatic rings. The molecule has 0 spiro atoms. The number of hydrogen-bond donors (Lipinski definition) is 1. The number of amides is 1. The number of benzene rings is 1. The lowest BCUT2D eigenvalue weighted by Gasteiger charge is -2.43. The van der Waals surface area contributed by atoms with E-state index >= 15 is 0 Å². The highest BCUT2D eigenvalue weighted by Crippen LogP contribution is 2.25. The molecule has 210 valence electrons. The number of fused-ring (bicyclic) bond motifs is 1. The van der Waals surface area contributed by atoms with Crippen LogP contribution >= 0.6 is 0 Å². The fourth-order valence-corrected chi connectivity index (χ4v) is 5.45. The first-order valence-corrected chi connectivity index (χ1v) is 14.1. The summed E-state index contributed by atoms with van der Waals surface area (Å²) in [6.45, 7) is 7.48. The summed E-state index contributed by atoms with van der Waals surface area (Å²) in [5.74, 6) is -0.885. The largest absolute Gasteiger partial charge is 0.465 e. The molecule has 1 N–H and O–H groups in total. The summed E-state index contributed by atoms with van der Waals surface area (Å²) in [7, 11) is 0. The molecule has 3 fully saturated rings. The van der Waals surface area contributed by atoms with Crippen LogP contribution in [0.4, 0.5) is 0 Å². The molecule has 3 aliphatic heterocycles. The smallest absolute Gasteiger partial charge is 0.330 e. The van der Waals surface area contributed by atoms with Crippen molar-refractivity contribution in [3.63, 3.8) is 0 Å². The Morgan fingerprint density at radius 3 is 2.53 bits per heavy atom. The van der Waals surface area contributed by atoms with Crippen LogP contribution in [0, 0.1) is 0 Å². The van der Waals surface area contributed by atoms with E-state index in [1.807, 2.05) is 35.3 Å². The monoisotopic (exact) mass is 530 g/mol. The first kappa shape index (κ1) is 28.5. The standard InChI is InChI=1S/C28H42N4O6/c1-2-37-27(34)24(13-12-22-8-4-3-5-9-22)29-23-10-6-14-31-15-7-11-25(32(31)26(23)33)28(35)38-21-18-30-16-19-36-20-17-30/h3-5,8-9,23-25,29H,2,6-7,10-21H2,1H3/t23-,24-,25-/m0/s1. The van der Waals surface area contributed by atoms with Crippen LogP contribution in [0.3, 0.4) is 0 Å². The predicted octanol–water partition coefficient (Wildman–Crippen LogP) is 1.39. The quantitative estimate of drug-likeness (QED) is 0.426. The Morgan fingerprint density at radius 2 is 1.79 bits per heavy atom. The lowest BCUT2D eigenvalue weighted by atomic mass is 10.0. The van der Waals surface area contributed by atoms with Crippen LogP contribution in [0.5, 0.6) is 0 Å². The maximum absolute atomic E-state index is 13.8. The summed E-state index contributed by atoms with van der Waals surface area (Å²) in [6.07, 6.45) is 3.97. The van der Waals surface area contributed by atoms with E-state index in [0.29, 0.717) is 58.6 Å². The van der Waals surface area contributed by atoms with Crippen molar-refractivity contribution in [3.8, 4) is 0 Å². The summed E-state index contributed by atoms with van der Waals surface area (Å²) < 4.78 is 16.4. The molecule has 0 bridgehead atoms. The average Bonchev–Trinajstić information content (AvgIpc) is 3.10. The zero-order valence-corrected chi connectivity index (χ0v) is 22.5. The van der Waals surface area contributed by atoms with E-state index in [4.69, 9.17) is 14.2 Å². The van der Waals surface area contributed by atoms with Gasteiger partial charge in [-0.15, -0.1) is 0 Å². The minimum atomic E-state index is -0.645. The topological polar surface area (TPSA) is 101 Å². The number of morpholine rings is 1. The minimum Gasteiger partial charge on any atom is -0.465 e. The van der Waals surface area contributed by atoms with E-state index in [1.165, 1.54) is 0 Å². The SMILES string of the molecule is CCOC(=O)[C@H](CCc1ccccc1)N[C@H]1CCCN2CCC[C@@H](C(=O)OCCN3CCOCC3)N2C1=O. The van der Waals surface area contributed by atoms with Crippen molar-refractivity contribution in [2.24, 2.45) is 0 Å². The molecule has 1 amide bonds. The predicted molar refractivity (Wildman–Crippen MR) is 141 cm³/mol. The van der Waals surface area contributed by atoms with Gasteiger partial charge < -0.3 is 14.2 Å². The van der Waals surface area contributed by atoms with Gasteiger partial charge in [-0.25, -0.2) is 9.80 Å². The van der Waals surface area contributed by atoms with Crippen LogP contribution in [0.1, 0.15) is 44.6 Å². The van der Waals surface area contributed by atoms with Crippen LogP contribution in [0.25, 0.3) is 0 Å². The summed E-state index contributed by atoms with van der Waals surface area (Å²) in [5.41, 5.74) is 1.12. The normalized spacial score (nSPS) is 23.8. The summed E-state index contributed by atoms with van der Waals surface area (Å²) in [6, 6.07) is 8.13. The molecule has 3 saturated heterocycles. The van der Waals surface area contributed by atoms with Crippen molar-refractivity contribution in [2.45, 2.75) is 63.6 Å². The third-order valence-corrected chi connectivity index (χ3v) is 7.49.